The van der Waals surface area contributed by atoms with Gasteiger partial charge in [0.2, 0.25) is 0 Å². The van der Waals surface area contributed by atoms with E-state index in [1.807, 2.05) is 0 Å². The van der Waals surface area contributed by atoms with Gasteiger partial charge < -0.3 is 26.6 Å². The van der Waals surface area contributed by atoms with E-state index in [1.54, 1.807) is 0 Å². The molecule has 0 aromatic rings. The van der Waals surface area contributed by atoms with Gasteiger partial charge in [-0.1, -0.05) is 0 Å². The molecule has 0 spiro atoms. The largest absolute Gasteiger partial charge is 0.315 e. The average molecular weight is 257 g/mol. The van der Waals surface area contributed by atoms with Crippen LogP contribution in [0.5, 0.6) is 0 Å². The highest BCUT2D eigenvalue weighted by Crippen LogP contribution is 1.83. The molecule has 0 unspecified atom stereocenters. The molecule has 108 valence electrons. The summed E-state index contributed by atoms with van der Waals surface area (Å²) in [6, 6.07) is 0. The van der Waals surface area contributed by atoms with Gasteiger partial charge in [0, 0.05) is 39.3 Å². The highest BCUT2D eigenvalue weighted by Gasteiger charge is 1.93. The number of hydrogen-bond acceptors (Lipinski definition) is 5. The van der Waals surface area contributed by atoms with Crippen LogP contribution in [0.3, 0.4) is 0 Å². The summed E-state index contributed by atoms with van der Waals surface area (Å²) < 4.78 is 0. The fraction of sp³-hybridized carbons (Fsp3) is 1.00. The van der Waals surface area contributed by atoms with E-state index < -0.39 is 0 Å². The Bertz CT molecular complexity index is 90.4. The van der Waals surface area contributed by atoms with Crippen LogP contribution >= 0.6 is 0 Å². The first-order valence-electron chi connectivity index (χ1n) is 7.54. The molecule has 0 aliphatic carbocycles. The van der Waals surface area contributed by atoms with E-state index in [0.29, 0.717) is 0 Å². The third-order valence-electron chi connectivity index (χ3n) is 3.10. The third kappa shape index (κ3) is 10.9. The summed E-state index contributed by atoms with van der Waals surface area (Å²) in [5, 5.41) is 17.3. The molecule has 0 radical (unpaired) electrons. The lowest BCUT2D eigenvalue weighted by molar-refractivity contribution is 0.530. The molecule has 0 atom stereocenters. The van der Waals surface area contributed by atoms with Crippen molar-refractivity contribution in [1.29, 1.82) is 0 Å². The van der Waals surface area contributed by atoms with E-state index in [-0.39, 0.29) is 0 Å². The van der Waals surface area contributed by atoms with Gasteiger partial charge in [-0.25, -0.2) is 0 Å². The van der Waals surface area contributed by atoms with Crippen LogP contribution in [0.1, 0.15) is 19.3 Å². The Morgan fingerprint density at radius 1 is 0.278 bits per heavy atom. The van der Waals surface area contributed by atoms with Crippen molar-refractivity contribution in [1.82, 2.24) is 26.6 Å². The number of hydrogen-bond donors (Lipinski definition) is 5. The van der Waals surface area contributed by atoms with Crippen LogP contribution in [0.15, 0.2) is 0 Å². The maximum Gasteiger partial charge on any atom is 0.00772 e. The topological polar surface area (TPSA) is 60.1 Å². The van der Waals surface area contributed by atoms with Crippen molar-refractivity contribution in [2.24, 2.45) is 0 Å². The quantitative estimate of drug-likeness (QED) is 0.390. The fourth-order valence-corrected chi connectivity index (χ4v) is 1.99. The maximum absolute atomic E-state index is 3.47. The first-order valence-corrected chi connectivity index (χ1v) is 7.54. The summed E-state index contributed by atoms with van der Waals surface area (Å²) >= 11 is 0. The first-order chi connectivity index (χ1) is 9.00. The second-order valence-corrected chi connectivity index (χ2v) is 4.81. The summed E-state index contributed by atoms with van der Waals surface area (Å²) in [6.45, 7) is 11.0. The minimum Gasteiger partial charge on any atom is -0.315 e. The normalized spacial score (nSPS) is 24.0. The molecule has 0 aromatic heterocycles. The van der Waals surface area contributed by atoms with Gasteiger partial charge in [0.05, 0.1) is 0 Å². The second kappa shape index (κ2) is 13.2. The summed E-state index contributed by atoms with van der Waals surface area (Å²) in [5.74, 6) is 0. The molecular weight excluding hydrogens is 226 g/mol. The van der Waals surface area contributed by atoms with Crippen LogP contribution in [0.4, 0.5) is 0 Å². The van der Waals surface area contributed by atoms with Crippen LogP contribution in [0, 0.1) is 0 Å². The fourth-order valence-electron chi connectivity index (χ4n) is 1.99. The Balaban J connectivity index is 2.00. The van der Waals surface area contributed by atoms with Crippen molar-refractivity contribution in [2.45, 2.75) is 19.3 Å². The third-order valence-corrected chi connectivity index (χ3v) is 3.10. The van der Waals surface area contributed by atoms with E-state index in [1.165, 1.54) is 19.3 Å². The van der Waals surface area contributed by atoms with E-state index in [0.717, 1.165) is 65.4 Å². The molecule has 5 nitrogen and oxygen atoms in total. The smallest absolute Gasteiger partial charge is 0.00772 e. The molecule has 1 heterocycles. The lowest BCUT2D eigenvalue weighted by Gasteiger charge is -2.10. The molecule has 1 aliphatic heterocycles. The summed E-state index contributed by atoms with van der Waals surface area (Å²) in [7, 11) is 0. The molecule has 18 heavy (non-hydrogen) atoms. The first kappa shape index (κ1) is 15.9. The van der Waals surface area contributed by atoms with Gasteiger partial charge >= 0.3 is 0 Å². The molecule has 1 aliphatic rings. The van der Waals surface area contributed by atoms with E-state index in [2.05, 4.69) is 26.6 Å². The molecular formula is C13H31N5. The minimum atomic E-state index is 1.07. The Morgan fingerprint density at radius 3 is 0.944 bits per heavy atom. The lowest BCUT2D eigenvalue weighted by Crippen LogP contribution is -2.34. The molecule has 1 fully saturated rings. The molecule has 0 bridgehead atoms. The molecule has 0 amide bonds. The van der Waals surface area contributed by atoms with Crippen molar-refractivity contribution in [2.75, 3.05) is 65.4 Å². The van der Waals surface area contributed by atoms with E-state index in [4.69, 9.17) is 0 Å². The summed E-state index contributed by atoms with van der Waals surface area (Å²) in [5.41, 5.74) is 0. The predicted octanol–water partition coefficient (Wildman–Crippen LogP) is -0.882. The Kier molecular flexibility index (Phi) is 11.7. The average Bonchev–Trinajstić information content (AvgIpc) is 2.39. The maximum atomic E-state index is 3.47. The Morgan fingerprint density at radius 2 is 0.556 bits per heavy atom. The van der Waals surface area contributed by atoms with Crippen LogP contribution < -0.4 is 26.6 Å². The second-order valence-electron chi connectivity index (χ2n) is 4.81. The van der Waals surface area contributed by atoms with Gasteiger partial charge in [0.15, 0.2) is 0 Å². The summed E-state index contributed by atoms with van der Waals surface area (Å²) in [6.07, 6.45) is 3.74. The van der Waals surface area contributed by atoms with Gasteiger partial charge in [-0.3, -0.25) is 0 Å². The zero-order chi connectivity index (χ0) is 12.7. The van der Waals surface area contributed by atoms with Gasteiger partial charge in [-0.2, -0.15) is 0 Å². The molecule has 0 saturated carbocycles. The molecule has 1 rings (SSSR count). The molecule has 5 N–H and O–H groups in total. The predicted molar refractivity (Wildman–Crippen MR) is 78.2 cm³/mol. The van der Waals surface area contributed by atoms with Crippen molar-refractivity contribution < 1.29 is 0 Å². The Labute approximate surface area is 112 Å². The van der Waals surface area contributed by atoms with E-state index >= 15 is 0 Å². The van der Waals surface area contributed by atoms with Crippen LogP contribution in [0.2, 0.25) is 0 Å². The van der Waals surface area contributed by atoms with Gasteiger partial charge in [0.25, 0.3) is 0 Å². The van der Waals surface area contributed by atoms with Crippen LogP contribution in [0.25, 0.3) is 0 Å². The number of rotatable bonds is 0. The zero-order valence-electron chi connectivity index (χ0n) is 11.7. The highest BCUT2D eigenvalue weighted by molar-refractivity contribution is 4.58. The highest BCUT2D eigenvalue weighted by atomic mass is 15.0. The van der Waals surface area contributed by atoms with Crippen molar-refractivity contribution in [3.63, 3.8) is 0 Å². The summed E-state index contributed by atoms with van der Waals surface area (Å²) in [4.78, 5) is 0. The molecule has 1 saturated heterocycles. The van der Waals surface area contributed by atoms with Crippen molar-refractivity contribution in [3.8, 4) is 0 Å². The standard InChI is InChI=1S/C13H31N5/c1-2-5-15-10-12-18-13-11-17-7-3-6-16-9-8-14-4-1/h14-18H,1-13H2. The van der Waals surface area contributed by atoms with Gasteiger partial charge in [0.1, 0.15) is 0 Å². The minimum absolute atomic E-state index is 1.07. The van der Waals surface area contributed by atoms with Crippen molar-refractivity contribution in [3.05, 3.63) is 0 Å². The number of nitrogens with one attached hydrogen (secondary N) is 5. The molecule has 0 aromatic carbocycles. The van der Waals surface area contributed by atoms with Crippen molar-refractivity contribution >= 4 is 0 Å². The van der Waals surface area contributed by atoms with Crippen LogP contribution in [-0.4, -0.2) is 65.4 Å². The lowest BCUT2D eigenvalue weighted by atomic mass is 10.3. The van der Waals surface area contributed by atoms with Gasteiger partial charge in [-0.05, 0) is 45.4 Å². The molecule has 5 heteroatoms. The zero-order valence-corrected chi connectivity index (χ0v) is 11.7. The Hall–Kier alpha value is -0.200. The monoisotopic (exact) mass is 257 g/mol. The van der Waals surface area contributed by atoms with Crippen LogP contribution in [-0.2, 0) is 0 Å². The van der Waals surface area contributed by atoms with Gasteiger partial charge in [-0.15, -0.1) is 0 Å². The SMILES string of the molecule is C1CCNCCNCCNCCCNCCNC1. The van der Waals surface area contributed by atoms with E-state index in [9.17, 15) is 0 Å².